The van der Waals surface area contributed by atoms with Gasteiger partial charge >= 0.3 is 0 Å². The van der Waals surface area contributed by atoms with Crippen molar-refractivity contribution in [2.24, 2.45) is 23.2 Å². The Morgan fingerprint density at radius 3 is 1.07 bits per heavy atom. The lowest BCUT2D eigenvalue weighted by atomic mass is 9.94. The van der Waals surface area contributed by atoms with E-state index in [4.69, 9.17) is 4.74 Å². The summed E-state index contributed by atoms with van der Waals surface area (Å²) in [6, 6.07) is 0. The van der Waals surface area contributed by atoms with Crippen LogP contribution < -0.4 is 0 Å². The molecule has 0 aromatic carbocycles. The van der Waals surface area contributed by atoms with Crippen molar-refractivity contribution in [3.05, 3.63) is 24.8 Å². The highest BCUT2D eigenvalue weighted by molar-refractivity contribution is 4.79. The van der Waals surface area contributed by atoms with Gasteiger partial charge in [-0.15, -0.1) is 6.58 Å². The van der Waals surface area contributed by atoms with E-state index in [2.05, 4.69) is 116 Å². The standard InChI is InChI=1S/2C6H14.C6H12.C5H12O.C5H12.C5H10.6CH4/c1-5-6(2,3)4;2*1-4-5-6(2)3;1-3-5-6-4-2;1-4-5(2)3;1-3-5-4-2;;;;;;/h5H2,1-4H3;6H,4-5H2,1-3H3;4-6H,1-3H3;3-5H2,1-2H3;5H,4H2,1-3H3;3H,1,4-5H2,2H3;6*1H4. The van der Waals surface area contributed by atoms with E-state index >= 15 is 0 Å². The fourth-order valence-corrected chi connectivity index (χ4v) is 1.46. The number of hydrogen-bond donors (Lipinski definition) is 0. The molecule has 0 aromatic rings. The summed E-state index contributed by atoms with van der Waals surface area (Å²) in [4.78, 5) is 0. The third kappa shape index (κ3) is 209. The van der Waals surface area contributed by atoms with E-state index in [-0.39, 0.29) is 44.6 Å². The Labute approximate surface area is 265 Å². The molecule has 0 aliphatic carbocycles. The lowest BCUT2D eigenvalue weighted by molar-refractivity contribution is 0.148. The maximum atomic E-state index is 4.98. The fourth-order valence-electron chi connectivity index (χ4n) is 1.46. The Hall–Kier alpha value is -0.560. The Morgan fingerprint density at radius 2 is 1.05 bits per heavy atom. The molecule has 0 radical (unpaired) electrons. The van der Waals surface area contributed by atoms with Crippen LogP contribution in [0.15, 0.2) is 24.8 Å². The maximum absolute atomic E-state index is 4.98. The second-order valence-corrected chi connectivity index (χ2v) is 10.9. The summed E-state index contributed by atoms with van der Waals surface area (Å²) in [5.74, 6) is 2.50. The molecule has 0 N–H and O–H groups in total. The molecule has 0 atom stereocenters. The summed E-state index contributed by atoms with van der Waals surface area (Å²) >= 11 is 0. The molecular weight excluding hydrogens is 484 g/mol. The number of rotatable bonds is 9. The first-order valence-electron chi connectivity index (χ1n) is 14.5. The first-order valence-corrected chi connectivity index (χ1v) is 14.5. The zero-order valence-corrected chi connectivity index (χ0v) is 27.4. The number of allylic oxidation sites excluding steroid dienone is 3. The van der Waals surface area contributed by atoms with Gasteiger partial charge in [0.25, 0.3) is 0 Å². The minimum atomic E-state index is 0. The van der Waals surface area contributed by atoms with Gasteiger partial charge in [-0.3, -0.25) is 0 Å². The van der Waals surface area contributed by atoms with E-state index in [9.17, 15) is 0 Å². The smallest absolute Gasteiger partial charge is 0.0463 e. The van der Waals surface area contributed by atoms with Crippen molar-refractivity contribution < 1.29 is 4.74 Å². The summed E-state index contributed by atoms with van der Waals surface area (Å²) in [7, 11) is 0. The van der Waals surface area contributed by atoms with Crippen LogP contribution in [0.4, 0.5) is 0 Å². The Kier molecular flexibility index (Phi) is 138. The Morgan fingerprint density at radius 1 is 0.675 bits per heavy atom. The lowest BCUT2D eigenvalue weighted by Crippen LogP contribution is -2.00. The quantitative estimate of drug-likeness (QED) is 0.194. The summed E-state index contributed by atoms with van der Waals surface area (Å²) in [5, 5.41) is 0. The molecule has 0 fully saturated rings. The molecule has 0 heterocycles. The fraction of sp³-hybridized carbons (Fsp3) is 0.897. The monoisotopic (exact) mass is 583 g/mol. The van der Waals surface area contributed by atoms with Crippen LogP contribution in [0.25, 0.3) is 0 Å². The van der Waals surface area contributed by atoms with Gasteiger partial charge in [0.1, 0.15) is 0 Å². The van der Waals surface area contributed by atoms with Crippen molar-refractivity contribution in [2.45, 2.75) is 200 Å². The molecule has 260 valence electrons. The van der Waals surface area contributed by atoms with Crippen molar-refractivity contribution in [1.29, 1.82) is 0 Å². The van der Waals surface area contributed by atoms with E-state index in [1.165, 1.54) is 32.1 Å². The molecule has 0 spiro atoms. The molecule has 0 amide bonds. The summed E-state index contributed by atoms with van der Waals surface area (Å²) in [5.41, 5.74) is 0.542. The molecule has 0 bridgehead atoms. The van der Waals surface area contributed by atoms with Gasteiger partial charge in [0.05, 0.1) is 0 Å². The maximum Gasteiger partial charge on any atom is 0.0463 e. The normalized spacial score (nSPS) is 8.47. The zero-order chi connectivity index (χ0) is 28.4. The molecule has 0 saturated carbocycles. The van der Waals surface area contributed by atoms with Crippen LogP contribution in [0, 0.1) is 23.2 Å². The molecule has 0 aromatic heterocycles. The summed E-state index contributed by atoms with van der Waals surface area (Å²) in [6.07, 6.45) is 15.0. The van der Waals surface area contributed by atoms with Gasteiger partial charge in [-0.1, -0.05) is 192 Å². The SMILES string of the molecule is C.C.C.C.C.C.C=CCCC.CC=CC(C)C.CCC(C)(C)C.CCC(C)C.CCCC(C)C.CCCOCC. The van der Waals surface area contributed by atoms with Crippen LogP contribution in [0.5, 0.6) is 0 Å². The minimum absolute atomic E-state index is 0. The minimum Gasteiger partial charge on any atom is -0.382 e. The molecule has 0 unspecified atom stereocenters. The molecule has 1 nitrogen and oxygen atoms in total. The van der Waals surface area contributed by atoms with E-state index in [1.807, 2.05) is 19.9 Å². The first kappa shape index (κ1) is 77.4. The average Bonchev–Trinajstić information content (AvgIpc) is 2.74. The molecule has 0 rings (SSSR count). The molecule has 0 aliphatic rings. The lowest BCUT2D eigenvalue weighted by Gasteiger charge is -2.12. The van der Waals surface area contributed by atoms with Crippen LogP contribution in [-0.4, -0.2) is 13.2 Å². The van der Waals surface area contributed by atoms with Gasteiger partial charge in [-0.2, -0.15) is 0 Å². The van der Waals surface area contributed by atoms with Crippen molar-refractivity contribution in [3.8, 4) is 0 Å². The van der Waals surface area contributed by atoms with Gasteiger partial charge in [0, 0.05) is 13.2 Å². The Balaban J connectivity index is -0.0000000229. The van der Waals surface area contributed by atoms with E-state index in [0.717, 1.165) is 43.8 Å². The second kappa shape index (κ2) is 71.6. The second-order valence-electron chi connectivity index (χ2n) is 10.9. The highest BCUT2D eigenvalue weighted by atomic mass is 16.5. The van der Waals surface area contributed by atoms with Crippen molar-refractivity contribution >= 4 is 0 Å². The van der Waals surface area contributed by atoms with Crippen molar-refractivity contribution in [3.63, 3.8) is 0 Å². The van der Waals surface area contributed by atoms with Crippen LogP contribution in [0.2, 0.25) is 0 Å². The van der Waals surface area contributed by atoms with Crippen LogP contribution in [-0.2, 0) is 4.74 Å². The molecule has 0 saturated heterocycles. The van der Waals surface area contributed by atoms with Crippen molar-refractivity contribution in [1.82, 2.24) is 0 Å². The van der Waals surface area contributed by atoms with E-state index in [0.29, 0.717) is 5.41 Å². The summed E-state index contributed by atoms with van der Waals surface area (Å²) < 4.78 is 4.98. The number of hydrogen-bond acceptors (Lipinski definition) is 1. The van der Waals surface area contributed by atoms with E-state index < -0.39 is 0 Å². The topological polar surface area (TPSA) is 9.23 Å². The predicted molar refractivity (Wildman–Crippen MR) is 207 cm³/mol. The average molecular weight is 583 g/mol. The van der Waals surface area contributed by atoms with Gasteiger partial charge in [0.2, 0.25) is 0 Å². The van der Waals surface area contributed by atoms with Crippen LogP contribution >= 0.6 is 0 Å². The van der Waals surface area contributed by atoms with Gasteiger partial charge < -0.3 is 4.74 Å². The van der Waals surface area contributed by atoms with Gasteiger partial charge in [-0.05, 0) is 49.9 Å². The number of unbranched alkanes of at least 4 members (excludes halogenated alkanes) is 1. The summed E-state index contributed by atoms with van der Waals surface area (Å²) in [6.45, 7) is 40.3. The van der Waals surface area contributed by atoms with E-state index in [1.54, 1.807) is 0 Å². The molecule has 1 heteroatoms. The predicted octanol–water partition coefficient (Wildman–Crippen LogP) is 16.4. The van der Waals surface area contributed by atoms with Gasteiger partial charge in [0.15, 0.2) is 0 Å². The van der Waals surface area contributed by atoms with Crippen LogP contribution in [0.1, 0.15) is 200 Å². The largest absolute Gasteiger partial charge is 0.382 e. The number of ether oxygens (including phenoxy) is 1. The van der Waals surface area contributed by atoms with Crippen LogP contribution in [0.3, 0.4) is 0 Å². The highest BCUT2D eigenvalue weighted by Crippen LogP contribution is 2.16. The highest BCUT2D eigenvalue weighted by Gasteiger charge is 2.03. The first-order chi connectivity index (χ1) is 15.7. The third-order valence-corrected chi connectivity index (χ3v) is 4.37. The molecular formula is C39H98O. The zero-order valence-electron chi connectivity index (χ0n) is 27.4. The molecule has 40 heavy (non-hydrogen) atoms. The third-order valence-electron chi connectivity index (χ3n) is 4.37. The van der Waals surface area contributed by atoms with Crippen molar-refractivity contribution in [2.75, 3.05) is 13.2 Å². The Bertz CT molecular complexity index is 314. The molecule has 0 aliphatic heterocycles. The van der Waals surface area contributed by atoms with Gasteiger partial charge in [-0.25, -0.2) is 0 Å².